The van der Waals surface area contributed by atoms with Crippen LogP contribution in [0.5, 0.6) is 0 Å². The van der Waals surface area contributed by atoms with E-state index in [1.54, 1.807) is 19.3 Å². The van der Waals surface area contributed by atoms with Crippen LogP contribution in [0.15, 0.2) is 24.5 Å². The van der Waals surface area contributed by atoms with Crippen molar-refractivity contribution in [3.8, 4) is 0 Å². The maximum absolute atomic E-state index is 9.61. The van der Waals surface area contributed by atoms with E-state index in [9.17, 15) is 4.79 Å². The third-order valence-electron chi connectivity index (χ3n) is 0.515. The van der Waals surface area contributed by atoms with Crippen LogP contribution in [0.4, 0.5) is 0 Å². The third kappa shape index (κ3) is 4.95. The summed E-state index contributed by atoms with van der Waals surface area (Å²) in [6.07, 6.45) is 6.81. The van der Waals surface area contributed by atoms with E-state index in [-0.39, 0.29) is 0 Å². The molecule has 0 rings (SSSR count). The predicted octanol–water partition coefficient (Wildman–Crippen LogP) is 0.902. The molecule has 0 aromatic rings. The Morgan fingerprint density at radius 3 is 2.50 bits per heavy atom. The van der Waals surface area contributed by atoms with Crippen molar-refractivity contribution in [2.24, 2.45) is 0 Å². The smallest absolute Gasteiger partial charge is 0.142 e. The number of aldehydes is 1. The molecule has 0 radical (unpaired) electrons. The van der Waals surface area contributed by atoms with Crippen LogP contribution >= 0.6 is 0 Å². The van der Waals surface area contributed by atoms with Gasteiger partial charge in [0.1, 0.15) is 6.29 Å². The fraction of sp³-hybridized carbons (Fsp3) is 0.167. The van der Waals surface area contributed by atoms with Crippen LogP contribution in [-0.2, 0) is 9.53 Å². The van der Waals surface area contributed by atoms with Crippen molar-refractivity contribution in [2.45, 2.75) is 0 Å². The van der Waals surface area contributed by atoms with E-state index in [2.05, 4.69) is 4.74 Å². The molecule has 0 unspecified atom stereocenters. The van der Waals surface area contributed by atoms with Crippen LogP contribution in [-0.4, -0.2) is 13.4 Å². The van der Waals surface area contributed by atoms with Crippen molar-refractivity contribution in [1.29, 1.82) is 0 Å². The van der Waals surface area contributed by atoms with Crippen molar-refractivity contribution in [3.05, 3.63) is 24.5 Å². The quantitative estimate of drug-likeness (QED) is 0.235. The minimum Gasteiger partial charge on any atom is -0.504 e. The zero-order valence-corrected chi connectivity index (χ0v) is 4.70. The van der Waals surface area contributed by atoms with E-state index in [1.165, 1.54) is 12.3 Å². The van der Waals surface area contributed by atoms with Crippen molar-refractivity contribution >= 4 is 6.29 Å². The SMILES string of the molecule is COC=CC=CC=O. The topological polar surface area (TPSA) is 26.3 Å². The minimum absolute atomic E-state index is 0.708. The highest BCUT2D eigenvalue weighted by molar-refractivity contribution is 5.65. The fourth-order valence-electron chi connectivity index (χ4n) is 0.233. The van der Waals surface area contributed by atoms with Gasteiger partial charge >= 0.3 is 0 Å². The molecule has 0 fully saturated rings. The maximum atomic E-state index is 9.61. The molecule has 0 N–H and O–H groups in total. The number of rotatable bonds is 3. The molecule has 0 amide bonds. The van der Waals surface area contributed by atoms with Gasteiger partial charge in [0, 0.05) is 0 Å². The fourth-order valence-corrected chi connectivity index (χ4v) is 0.233. The summed E-state index contributed by atoms with van der Waals surface area (Å²) in [6.45, 7) is 0. The molecule has 44 valence electrons. The van der Waals surface area contributed by atoms with Gasteiger partial charge in [0.05, 0.1) is 13.4 Å². The molecule has 2 nitrogen and oxygen atoms in total. The predicted molar refractivity (Wildman–Crippen MR) is 31.4 cm³/mol. The lowest BCUT2D eigenvalue weighted by molar-refractivity contribution is -0.104. The molecule has 0 saturated carbocycles. The summed E-state index contributed by atoms with van der Waals surface area (Å²) < 4.78 is 4.54. The molecule has 8 heavy (non-hydrogen) atoms. The number of ether oxygens (including phenoxy) is 1. The van der Waals surface area contributed by atoms with Crippen LogP contribution < -0.4 is 0 Å². The molecule has 2 heteroatoms. The van der Waals surface area contributed by atoms with Crippen molar-refractivity contribution in [1.82, 2.24) is 0 Å². The summed E-state index contributed by atoms with van der Waals surface area (Å²) in [6, 6.07) is 0. The Kier molecular flexibility index (Phi) is 5.17. The molecule has 0 atom stereocenters. The van der Waals surface area contributed by atoms with E-state index in [4.69, 9.17) is 0 Å². The van der Waals surface area contributed by atoms with E-state index in [0.29, 0.717) is 6.29 Å². The van der Waals surface area contributed by atoms with Gasteiger partial charge in [0.2, 0.25) is 0 Å². The molecule has 0 aliphatic rings. The Morgan fingerprint density at radius 1 is 1.25 bits per heavy atom. The molecular weight excluding hydrogens is 104 g/mol. The lowest BCUT2D eigenvalue weighted by Gasteiger charge is -1.78. The first-order valence-corrected chi connectivity index (χ1v) is 2.21. The van der Waals surface area contributed by atoms with E-state index in [0.717, 1.165) is 0 Å². The summed E-state index contributed by atoms with van der Waals surface area (Å²) in [7, 11) is 1.55. The zero-order chi connectivity index (χ0) is 6.24. The van der Waals surface area contributed by atoms with Crippen LogP contribution in [0.2, 0.25) is 0 Å². The number of hydrogen-bond acceptors (Lipinski definition) is 2. The van der Waals surface area contributed by atoms with Crippen molar-refractivity contribution < 1.29 is 9.53 Å². The average Bonchev–Trinajstić information content (AvgIpc) is 1.81. The van der Waals surface area contributed by atoms with Gasteiger partial charge in [0.15, 0.2) is 0 Å². The lowest BCUT2D eigenvalue weighted by atomic mass is 10.5. The second kappa shape index (κ2) is 5.95. The van der Waals surface area contributed by atoms with Gasteiger partial charge in [-0.25, -0.2) is 0 Å². The summed E-state index contributed by atoms with van der Waals surface area (Å²) in [4.78, 5) is 9.61. The highest BCUT2D eigenvalue weighted by Gasteiger charge is 1.60. The Labute approximate surface area is 48.5 Å². The largest absolute Gasteiger partial charge is 0.504 e. The van der Waals surface area contributed by atoms with Gasteiger partial charge in [-0.05, 0) is 12.2 Å². The minimum atomic E-state index is 0.708. The first-order chi connectivity index (χ1) is 3.91. The van der Waals surface area contributed by atoms with E-state index < -0.39 is 0 Å². The first kappa shape index (κ1) is 6.95. The molecule has 0 aliphatic heterocycles. The first-order valence-electron chi connectivity index (χ1n) is 2.21. The van der Waals surface area contributed by atoms with E-state index >= 15 is 0 Å². The number of carbonyl (C=O) groups is 1. The van der Waals surface area contributed by atoms with Crippen LogP contribution in [0, 0.1) is 0 Å². The van der Waals surface area contributed by atoms with Crippen molar-refractivity contribution in [2.75, 3.05) is 7.11 Å². The number of allylic oxidation sites excluding steroid dienone is 3. The van der Waals surface area contributed by atoms with Crippen molar-refractivity contribution in [3.63, 3.8) is 0 Å². The summed E-state index contributed by atoms with van der Waals surface area (Å²) in [5, 5.41) is 0. The molecule has 0 bridgehead atoms. The maximum Gasteiger partial charge on any atom is 0.142 e. The molecule has 0 heterocycles. The molecule has 0 aromatic carbocycles. The molecule has 0 spiro atoms. The van der Waals surface area contributed by atoms with Gasteiger partial charge in [0.25, 0.3) is 0 Å². The van der Waals surface area contributed by atoms with Gasteiger partial charge in [-0.3, -0.25) is 4.79 Å². The molecule has 0 aliphatic carbocycles. The summed E-state index contributed by atoms with van der Waals surface area (Å²) >= 11 is 0. The van der Waals surface area contributed by atoms with Crippen LogP contribution in [0.25, 0.3) is 0 Å². The van der Waals surface area contributed by atoms with Gasteiger partial charge in [-0.2, -0.15) is 0 Å². The summed E-state index contributed by atoms with van der Waals surface area (Å²) in [5.41, 5.74) is 0. The molecule has 0 saturated heterocycles. The Morgan fingerprint density at radius 2 is 2.00 bits per heavy atom. The lowest BCUT2D eigenvalue weighted by Crippen LogP contribution is -1.61. The second-order valence-electron chi connectivity index (χ2n) is 1.09. The number of hydrogen-bond donors (Lipinski definition) is 0. The van der Waals surface area contributed by atoms with Crippen LogP contribution in [0.3, 0.4) is 0 Å². The molecular formula is C6H8O2. The Bertz CT molecular complexity index is 103. The number of carbonyl (C=O) groups excluding carboxylic acids is 1. The zero-order valence-electron chi connectivity index (χ0n) is 4.70. The third-order valence-corrected chi connectivity index (χ3v) is 0.515. The second-order valence-corrected chi connectivity index (χ2v) is 1.09. The number of methoxy groups -OCH3 is 1. The van der Waals surface area contributed by atoms with Crippen LogP contribution in [0.1, 0.15) is 0 Å². The van der Waals surface area contributed by atoms with Gasteiger partial charge in [-0.1, -0.05) is 6.08 Å². The van der Waals surface area contributed by atoms with Gasteiger partial charge < -0.3 is 4.74 Å². The summed E-state index contributed by atoms with van der Waals surface area (Å²) in [5.74, 6) is 0. The monoisotopic (exact) mass is 112 g/mol. The van der Waals surface area contributed by atoms with E-state index in [1.807, 2.05) is 0 Å². The highest BCUT2D eigenvalue weighted by Crippen LogP contribution is 1.73. The Hall–Kier alpha value is -1.05. The standard InChI is InChI=1S/C6H8O2/c1-8-6-4-2-3-5-7/h2-6H,1H3. The normalized spacial score (nSPS) is 10.6. The van der Waals surface area contributed by atoms with Gasteiger partial charge in [-0.15, -0.1) is 0 Å². The Balaban J connectivity index is 3.26. The average molecular weight is 112 g/mol. The highest BCUT2D eigenvalue weighted by atomic mass is 16.5. The molecule has 0 aromatic heterocycles.